The Balaban J connectivity index is 1.69. The molecule has 2 aromatic carbocycles. The molecule has 24 heavy (non-hydrogen) atoms. The van der Waals surface area contributed by atoms with Gasteiger partial charge in [0.2, 0.25) is 0 Å². The van der Waals surface area contributed by atoms with Crippen molar-refractivity contribution in [3.63, 3.8) is 0 Å². The molecule has 3 rings (SSSR count). The van der Waals surface area contributed by atoms with Crippen LogP contribution in [0.15, 0.2) is 48.5 Å². The zero-order chi connectivity index (χ0) is 16.8. The van der Waals surface area contributed by atoms with Gasteiger partial charge in [0, 0.05) is 31.9 Å². The van der Waals surface area contributed by atoms with Crippen LogP contribution in [0.1, 0.15) is 25.3 Å². The number of para-hydroxylation sites is 3. The predicted molar refractivity (Wildman–Crippen MR) is 102 cm³/mol. The summed E-state index contributed by atoms with van der Waals surface area (Å²) in [6.07, 6.45) is 3.69. The molecule has 1 aliphatic rings. The van der Waals surface area contributed by atoms with Gasteiger partial charge < -0.3 is 14.5 Å². The van der Waals surface area contributed by atoms with Gasteiger partial charge in [-0.3, -0.25) is 0 Å². The Morgan fingerprint density at radius 3 is 2.08 bits per heavy atom. The Bertz CT molecular complexity index is 648. The number of hydrogen-bond acceptors (Lipinski definition) is 3. The third kappa shape index (κ3) is 3.66. The van der Waals surface area contributed by atoms with Crippen LogP contribution in [0.25, 0.3) is 0 Å². The summed E-state index contributed by atoms with van der Waals surface area (Å²) in [6, 6.07) is 17.2. The standard InChI is InChI=1S/C21H28N2O/c1-3-4-9-18-10-5-6-11-19(18)22-14-16-23(17-15-22)20-12-7-8-13-21(20)24-2/h5-8,10-13H,3-4,9,14-17H2,1-2H3. The molecule has 1 aliphatic heterocycles. The van der Waals surface area contributed by atoms with Gasteiger partial charge in [-0.25, -0.2) is 0 Å². The summed E-state index contributed by atoms with van der Waals surface area (Å²) in [5.41, 5.74) is 4.12. The summed E-state index contributed by atoms with van der Waals surface area (Å²) in [6.45, 7) is 6.43. The zero-order valence-corrected chi connectivity index (χ0v) is 14.9. The van der Waals surface area contributed by atoms with E-state index in [0.29, 0.717) is 0 Å². The number of aryl methyl sites for hydroxylation is 1. The smallest absolute Gasteiger partial charge is 0.142 e. The number of anilines is 2. The SMILES string of the molecule is CCCCc1ccccc1N1CCN(c2ccccc2OC)CC1. The molecule has 0 N–H and O–H groups in total. The molecule has 0 aromatic heterocycles. The summed E-state index contributed by atoms with van der Waals surface area (Å²) in [4.78, 5) is 4.97. The Hall–Kier alpha value is -2.16. The fraction of sp³-hybridized carbons (Fsp3) is 0.429. The van der Waals surface area contributed by atoms with Crippen molar-refractivity contribution in [1.82, 2.24) is 0 Å². The van der Waals surface area contributed by atoms with Crippen LogP contribution in [0.2, 0.25) is 0 Å². The molecule has 3 heteroatoms. The lowest BCUT2D eigenvalue weighted by atomic mass is 10.0. The van der Waals surface area contributed by atoms with E-state index in [9.17, 15) is 0 Å². The maximum Gasteiger partial charge on any atom is 0.142 e. The first-order valence-corrected chi connectivity index (χ1v) is 9.04. The van der Waals surface area contributed by atoms with Gasteiger partial charge in [-0.05, 0) is 36.6 Å². The van der Waals surface area contributed by atoms with Crippen molar-refractivity contribution in [2.75, 3.05) is 43.1 Å². The number of hydrogen-bond donors (Lipinski definition) is 0. The highest BCUT2D eigenvalue weighted by Crippen LogP contribution is 2.30. The lowest BCUT2D eigenvalue weighted by Gasteiger charge is -2.38. The van der Waals surface area contributed by atoms with Crippen LogP contribution in [-0.4, -0.2) is 33.3 Å². The molecule has 3 nitrogen and oxygen atoms in total. The molecule has 1 saturated heterocycles. The molecule has 0 aliphatic carbocycles. The Kier molecular flexibility index (Phi) is 5.63. The van der Waals surface area contributed by atoms with Gasteiger partial charge in [0.15, 0.2) is 0 Å². The molecular formula is C21H28N2O. The average molecular weight is 324 g/mol. The van der Waals surface area contributed by atoms with Crippen LogP contribution < -0.4 is 14.5 Å². The molecular weight excluding hydrogens is 296 g/mol. The van der Waals surface area contributed by atoms with E-state index in [-0.39, 0.29) is 0 Å². The van der Waals surface area contributed by atoms with E-state index >= 15 is 0 Å². The third-order valence-corrected chi connectivity index (χ3v) is 4.84. The molecule has 0 atom stereocenters. The largest absolute Gasteiger partial charge is 0.495 e. The Labute approximate surface area is 145 Å². The maximum absolute atomic E-state index is 5.52. The number of unbranched alkanes of at least 4 members (excludes halogenated alkanes) is 1. The number of piperazine rings is 1. The fourth-order valence-electron chi connectivity index (χ4n) is 3.48. The number of nitrogens with zero attached hydrogens (tertiary/aromatic N) is 2. The number of benzene rings is 2. The first kappa shape index (κ1) is 16.7. The van der Waals surface area contributed by atoms with Crippen LogP contribution in [0, 0.1) is 0 Å². The van der Waals surface area contributed by atoms with Crippen molar-refractivity contribution in [2.45, 2.75) is 26.2 Å². The van der Waals surface area contributed by atoms with Crippen LogP contribution >= 0.6 is 0 Å². The van der Waals surface area contributed by atoms with Crippen molar-refractivity contribution in [3.8, 4) is 5.75 Å². The van der Waals surface area contributed by atoms with Crippen molar-refractivity contribution in [1.29, 1.82) is 0 Å². The molecule has 1 fully saturated rings. The molecule has 1 heterocycles. The second-order valence-corrected chi connectivity index (χ2v) is 6.38. The minimum absolute atomic E-state index is 0.967. The van der Waals surface area contributed by atoms with E-state index in [1.165, 1.54) is 36.2 Å². The van der Waals surface area contributed by atoms with Crippen LogP contribution in [-0.2, 0) is 6.42 Å². The van der Waals surface area contributed by atoms with Gasteiger partial charge in [-0.1, -0.05) is 43.7 Å². The Morgan fingerprint density at radius 2 is 1.42 bits per heavy atom. The molecule has 2 aromatic rings. The van der Waals surface area contributed by atoms with Gasteiger partial charge in [0.25, 0.3) is 0 Å². The second kappa shape index (κ2) is 8.09. The third-order valence-electron chi connectivity index (χ3n) is 4.84. The van der Waals surface area contributed by atoms with Gasteiger partial charge in [-0.2, -0.15) is 0 Å². The van der Waals surface area contributed by atoms with Crippen molar-refractivity contribution < 1.29 is 4.74 Å². The first-order valence-electron chi connectivity index (χ1n) is 9.04. The van der Waals surface area contributed by atoms with Crippen LogP contribution in [0.4, 0.5) is 11.4 Å². The number of ether oxygens (including phenoxy) is 1. The molecule has 0 amide bonds. The first-order chi connectivity index (χ1) is 11.8. The van der Waals surface area contributed by atoms with Crippen LogP contribution in [0.3, 0.4) is 0 Å². The van der Waals surface area contributed by atoms with E-state index < -0.39 is 0 Å². The molecule has 0 unspecified atom stereocenters. The summed E-state index contributed by atoms with van der Waals surface area (Å²) in [7, 11) is 1.75. The second-order valence-electron chi connectivity index (χ2n) is 6.38. The van der Waals surface area contributed by atoms with E-state index in [1.807, 2.05) is 12.1 Å². The highest BCUT2D eigenvalue weighted by molar-refractivity contribution is 5.61. The van der Waals surface area contributed by atoms with Crippen molar-refractivity contribution >= 4 is 11.4 Å². The topological polar surface area (TPSA) is 15.7 Å². The lowest BCUT2D eigenvalue weighted by Crippen LogP contribution is -2.46. The summed E-state index contributed by atoms with van der Waals surface area (Å²) in [5, 5.41) is 0. The highest BCUT2D eigenvalue weighted by atomic mass is 16.5. The average Bonchev–Trinajstić information content (AvgIpc) is 2.66. The minimum Gasteiger partial charge on any atom is -0.495 e. The zero-order valence-electron chi connectivity index (χ0n) is 14.9. The highest BCUT2D eigenvalue weighted by Gasteiger charge is 2.20. The van der Waals surface area contributed by atoms with Gasteiger partial charge >= 0.3 is 0 Å². The van der Waals surface area contributed by atoms with E-state index in [1.54, 1.807) is 7.11 Å². The van der Waals surface area contributed by atoms with Gasteiger partial charge in [-0.15, -0.1) is 0 Å². The fourth-order valence-corrected chi connectivity index (χ4v) is 3.48. The summed E-state index contributed by atoms with van der Waals surface area (Å²) >= 11 is 0. The molecule has 0 saturated carbocycles. The molecule has 0 radical (unpaired) electrons. The monoisotopic (exact) mass is 324 g/mol. The van der Waals surface area contributed by atoms with Crippen molar-refractivity contribution in [2.24, 2.45) is 0 Å². The van der Waals surface area contributed by atoms with E-state index in [0.717, 1.165) is 31.9 Å². The normalized spacial score (nSPS) is 14.8. The molecule has 0 spiro atoms. The lowest BCUT2D eigenvalue weighted by molar-refractivity contribution is 0.413. The Morgan fingerprint density at radius 1 is 0.833 bits per heavy atom. The quantitative estimate of drug-likeness (QED) is 0.785. The summed E-state index contributed by atoms with van der Waals surface area (Å²) in [5.74, 6) is 0.967. The van der Waals surface area contributed by atoms with Crippen molar-refractivity contribution in [3.05, 3.63) is 54.1 Å². The minimum atomic E-state index is 0.967. The maximum atomic E-state index is 5.52. The van der Waals surface area contributed by atoms with Gasteiger partial charge in [0.1, 0.15) is 5.75 Å². The predicted octanol–water partition coefficient (Wildman–Crippen LogP) is 4.36. The number of methoxy groups -OCH3 is 1. The molecule has 0 bridgehead atoms. The van der Waals surface area contributed by atoms with E-state index in [2.05, 4.69) is 53.1 Å². The summed E-state index contributed by atoms with van der Waals surface area (Å²) < 4.78 is 5.52. The van der Waals surface area contributed by atoms with Gasteiger partial charge in [0.05, 0.1) is 12.8 Å². The van der Waals surface area contributed by atoms with E-state index in [4.69, 9.17) is 4.74 Å². The molecule has 128 valence electrons. The van der Waals surface area contributed by atoms with Crippen LogP contribution in [0.5, 0.6) is 5.75 Å². The number of rotatable bonds is 6.